The van der Waals surface area contributed by atoms with Crippen LogP contribution in [-0.2, 0) is 12.5 Å². The zero-order valence-corrected chi connectivity index (χ0v) is 16.1. The van der Waals surface area contributed by atoms with E-state index in [0.717, 1.165) is 6.07 Å². The highest BCUT2D eigenvalue weighted by Gasteiger charge is 2.73. The lowest BCUT2D eigenvalue weighted by Crippen LogP contribution is -2.50. The quantitative estimate of drug-likeness (QED) is 0.368. The molecule has 0 aliphatic rings. The SMILES string of the molecule is Fc1ccc(Oc2cccc(NCc3cccc(C(F)(F)C(F)(F)C(F)(F)F)c3)c2)cc1. The van der Waals surface area contributed by atoms with Crippen LogP contribution in [0.4, 0.5) is 40.8 Å². The van der Waals surface area contributed by atoms with Crippen LogP contribution in [0.1, 0.15) is 11.1 Å². The Hall–Kier alpha value is -3.30. The Morgan fingerprint density at radius 3 is 2.03 bits per heavy atom. The Balaban J connectivity index is 1.72. The van der Waals surface area contributed by atoms with Crippen molar-refractivity contribution < 1.29 is 39.9 Å². The Morgan fingerprint density at radius 1 is 0.719 bits per heavy atom. The average molecular weight is 461 g/mol. The van der Waals surface area contributed by atoms with Crippen molar-refractivity contribution in [3.05, 3.63) is 89.7 Å². The molecule has 0 aliphatic carbocycles. The van der Waals surface area contributed by atoms with Crippen LogP contribution in [0.2, 0.25) is 0 Å². The molecule has 0 radical (unpaired) electrons. The minimum Gasteiger partial charge on any atom is -0.457 e. The highest BCUT2D eigenvalue weighted by molar-refractivity contribution is 5.49. The van der Waals surface area contributed by atoms with E-state index in [2.05, 4.69) is 5.32 Å². The van der Waals surface area contributed by atoms with Crippen LogP contribution in [0.3, 0.4) is 0 Å². The van der Waals surface area contributed by atoms with E-state index in [1.807, 2.05) is 0 Å². The van der Waals surface area contributed by atoms with Gasteiger partial charge in [-0.3, -0.25) is 0 Å². The van der Waals surface area contributed by atoms with Gasteiger partial charge in [-0.2, -0.15) is 30.7 Å². The van der Waals surface area contributed by atoms with Crippen LogP contribution >= 0.6 is 0 Å². The minimum atomic E-state index is -6.41. The Kier molecular flexibility index (Phi) is 6.34. The Bertz CT molecular complexity index is 1060. The minimum absolute atomic E-state index is 0.0602. The number of benzene rings is 3. The second kappa shape index (κ2) is 8.68. The molecule has 0 saturated carbocycles. The number of halogens is 8. The van der Waals surface area contributed by atoms with Gasteiger partial charge in [0.15, 0.2) is 0 Å². The van der Waals surface area contributed by atoms with Crippen LogP contribution < -0.4 is 10.1 Å². The van der Waals surface area contributed by atoms with Gasteiger partial charge in [-0.15, -0.1) is 0 Å². The van der Waals surface area contributed by atoms with Crippen molar-refractivity contribution in [1.82, 2.24) is 0 Å². The third-order valence-electron chi connectivity index (χ3n) is 4.42. The fraction of sp³-hybridized carbons (Fsp3) is 0.182. The number of nitrogens with one attached hydrogen (secondary N) is 1. The molecule has 0 spiro atoms. The highest BCUT2D eigenvalue weighted by Crippen LogP contribution is 2.51. The lowest BCUT2D eigenvalue weighted by atomic mass is 9.99. The molecule has 0 aliphatic heterocycles. The molecule has 3 aromatic rings. The van der Waals surface area contributed by atoms with E-state index < -0.39 is 29.4 Å². The molecule has 0 atom stereocenters. The lowest BCUT2D eigenvalue weighted by molar-refractivity contribution is -0.359. The van der Waals surface area contributed by atoms with Gasteiger partial charge in [0, 0.05) is 23.9 Å². The average Bonchev–Trinajstić information content (AvgIpc) is 2.73. The monoisotopic (exact) mass is 461 g/mol. The smallest absolute Gasteiger partial charge is 0.457 e. The summed E-state index contributed by atoms with van der Waals surface area (Å²) in [6.45, 7) is -0.137. The maximum absolute atomic E-state index is 13.9. The summed E-state index contributed by atoms with van der Waals surface area (Å²) in [5.41, 5.74) is -0.931. The van der Waals surface area contributed by atoms with E-state index in [1.165, 1.54) is 30.3 Å². The largest absolute Gasteiger partial charge is 0.460 e. The zero-order chi connectivity index (χ0) is 23.6. The standard InChI is InChI=1S/C22H15F8NO/c23-16-7-9-18(10-8-16)32-19-6-2-5-17(12-19)31-13-14-3-1-4-15(11-14)20(24,25)21(26,27)22(28,29)30/h1-12,31H,13H2. The normalized spacial score (nSPS) is 12.5. The van der Waals surface area contributed by atoms with Gasteiger partial charge in [-0.25, -0.2) is 4.39 Å². The third kappa shape index (κ3) is 4.95. The second-order valence-electron chi connectivity index (χ2n) is 6.78. The predicted molar refractivity (Wildman–Crippen MR) is 102 cm³/mol. The molecular formula is C22H15F8NO. The van der Waals surface area contributed by atoms with Crippen molar-refractivity contribution in [3.63, 3.8) is 0 Å². The first-order chi connectivity index (χ1) is 14.9. The van der Waals surface area contributed by atoms with Gasteiger partial charge in [-0.05, 0) is 48.0 Å². The number of alkyl halides is 7. The molecule has 3 aromatic carbocycles. The highest BCUT2D eigenvalue weighted by atomic mass is 19.4. The van der Waals surface area contributed by atoms with E-state index in [1.54, 1.807) is 24.3 Å². The van der Waals surface area contributed by atoms with Crippen LogP contribution in [0.25, 0.3) is 0 Å². The lowest BCUT2D eigenvalue weighted by Gasteiger charge is -2.28. The van der Waals surface area contributed by atoms with Crippen LogP contribution in [0.5, 0.6) is 11.5 Å². The summed E-state index contributed by atoms with van der Waals surface area (Å²) in [5.74, 6) is -11.4. The maximum Gasteiger partial charge on any atom is 0.460 e. The van der Waals surface area contributed by atoms with E-state index in [9.17, 15) is 35.1 Å². The van der Waals surface area contributed by atoms with E-state index >= 15 is 0 Å². The van der Waals surface area contributed by atoms with Gasteiger partial charge < -0.3 is 10.1 Å². The summed E-state index contributed by atoms with van der Waals surface area (Å²) < 4.78 is 110. The number of anilines is 1. The van der Waals surface area contributed by atoms with Crippen LogP contribution in [0, 0.1) is 5.82 Å². The molecule has 0 amide bonds. The van der Waals surface area contributed by atoms with Gasteiger partial charge in [-0.1, -0.05) is 24.3 Å². The van der Waals surface area contributed by atoms with Crippen molar-refractivity contribution in [3.8, 4) is 11.5 Å². The summed E-state index contributed by atoms with van der Waals surface area (Å²) >= 11 is 0. The molecule has 0 heterocycles. The van der Waals surface area contributed by atoms with Crippen LogP contribution in [0.15, 0.2) is 72.8 Å². The summed E-state index contributed by atoms with van der Waals surface area (Å²) in [6, 6.07) is 15.0. The number of ether oxygens (including phenoxy) is 1. The van der Waals surface area contributed by atoms with Crippen molar-refractivity contribution in [2.24, 2.45) is 0 Å². The summed E-state index contributed by atoms with van der Waals surface area (Å²) in [7, 11) is 0. The van der Waals surface area contributed by atoms with Crippen molar-refractivity contribution in [2.45, 2.75) is 24.6 Å². The first-order valence-corrected chi connectivity index (χ1v) is 9.09. The zero-order valence-electron chi connectivity index (χ0n) is 16.1. The molecule has 10 heteroatoms. The number of rotatable bonds is 7. The summed E-state index contributed by atoms with van der Waals surface area (Å²) in [4.78, 5) is 0. The van der Waals surface area contributed by atoms with Gasteiger partial charge in [0.25, 0.3) is 0 Å². The summed E-state index contributed by atoms with van der Waals surface area (Å²) in [6.07, 6.45) is -6.41. The molecule has 32 heavy (non-hydrogen) atoms. The molecule has 0 aromatic heterocycles. The van der Waals surface area contributed by atoms with E-state index in [0.29, 0.717) is 29.3 Å². The first kappa shape index (κ1) is 23.4. The topological polar surface area (TPSA) is 21.3 Å². The van der Waals surface area contributed by atoms with E-state index in [-0.39, 0.29) is 12.1 Å². The van der Waals surface area contributed by atoms with Gasteiger partial charge in [0.05, 0.1) is 0 Å². The molecule has 3 rings (SSSR count). The number of hydrogen-bond acceptors (Lipinski definition) is 2. The molecule has 0 bridgehead atoms. The van der Waals surface area contributed by atoms with Gasteiger partial charge in [0.1, 0.15) is 17.3 Å². The first-order valence-electron chi connectivity index (χ1n) is 9.09. The predicted octanol–water partition coefficient (Wildman–Crippen LogP) is 7.52. The maximum atomic E-state index is 13.9. The Morgan fingerprint density at radius 2 is 1.38 bits per heavy atom. The molecular weight excluding hydrogens is 446 g/mol. The van der Waals surface area contributed by atoms with Crippen LogP contribution in [-0.4, -0.2) is 12.1 Å². The molecule has 0 saturated heterocycles. The van der Waals surface area contributed by atoms with Gasteiger partial charge >= 0.3 is 18.0 Å². The van der Waals surface area contributed by atoms with Crippen molar-refractivity contribution >= 4 is 5.69 Å². The third-order valence-corrected chi connectivity index (χ3v) is 4.42. The van der Waals surface area contributed by atoms with Crippen molar-refractivity contribution in [2.75, 3.05) is 5.32 Å². The molecule has 2 nitrogen and oxygen atoms in total. The molecule has 1 N–H and O–H groups in total. The summed E-state index contributed by atoms with van der Waals surface area (Å²) in [5, 5.41) is 2.85. The van der Waals surface area contributed by atoms with E-state index in [4.69, 9.17) is 4.74 Å². The molecule has 0 fully saturated rings. The second-order valence-corrected chi connectivity index (χ2v) is 6.78. The van der Waals surface area contributed by atoms with Crippen molar-refractivity contribution in [1.29, 1.82) is 0 Å². The molecule has 0 unspecified atom stereocenters. The number of hydrogen-bond donors (Lipinski definition) is 1. The Labute approximate surface area is 177 Å². The fourth-order valence-corrected chi connectivity index (χ4v) is 2.75. The fourth-order valence-electron chi connectivity index (χ4n) is 2.75. The molecule has 170 valence electrons. The van der Waals surface area contributed by atoms with Gasteiger partial charge in [0.2, 0.25) is 0 Å².